The minimum absolute atomic E-state index is 0.505. The van der Waals surface area contributed by atoms with Gasteiger partial charge in [0.25, 0.3) is 5.89 Å². The largest absolute Gasteiger partial charge is 0.497 e. The first-order valence-corrected chi connectivity index (χ1v) is 10.0. The molecule has 0 aliphatic carbocycles. The molecule has 0 N–H and O–H groups in total. The van der Waals surface area contributed by atoms with Crippen molar-refractivity contribution in [3.63, 3.8) is 0 Å². The van der Waals surface area contributed by atoms with Gasteiger partial charge in [-0.1, -0.05) is 35.5 Å². The van der Waals surface area contributed by atoms with Crippen molar-refractivity contribution in [2.24, 2.45) is 0 Å². The normalized spacial score (nSPS) is 10.9. The Labute approximate surface area is 171 Å². The van der Waals surface area contributed by atoms with Gasteiger partial charge in [0.15, 0.2) is 0 Å². The van der Waals surface area contributed by atoms with E-state index in [1.807, 2.05) is 79.1 Å². The third-order valence-corrected chi connectivity index (χ3v) is 5.67. The molecule has 0 unspecified atom stereocenters. The Morgan fingerprint density at radius 2 is 1.66 bits per heavy atom. The van der Waals surface area contributed by atoms with Crippen LogP contribution in [0.2, 0.25) is 0 Å². The Kier molecular flexibility index (Phi) is 4.46. The molecule has 0 spiro atoms. The summed E-state index contributed by atoms with van der Waals surface area (Å²) in [6.07, 6.45) is 4.04. The van der Waals surface area contributed by atoms with E-state index in [0.717, 1.165) is 33.0 Å². The molecule has 142 valence electrons. The molecule has 0 aliphatic rings. The van der Waals surface area contributed by atoms with Gasteiger partial charge in [0.1, 0.15) is 10.8 Å². The monoisotopic (exact) mass is 399 g/mol. The zero-order valence-electron chi connectivity index (χ0n) is 15.6. The second kappa shape index (κ2) is 7.41. The summed E-state index contributed by atoms with van der Waals surface area (Å²) < 4.78 is 13.0. The van der Waals surface area contributed by atoms with Crippen molar-refractivity contribution in [3.05, 3.63) is 84.5 Å². The number of aromatic nitrogens is 3. The Bertz CT molecular complexity index is 1220. The molecule has 5 nitrogen and oxygen atoms in total. The molecule has 0 amide bonds. The maximum absolute atomic E-state index is 5.59. The van der Waals surface area contributed by atoms with Crippen molar-refractivity contribution in [3.8, 4) is 44.7 Å². The van der Waals surface area contributed by atoms with E-state index in [1.54, 1.807) is 18.4 Å². The highest BCUT2D eigenvalue weighted by Crippen LogP contribution is 2.41. The minimum Gasteiger partial charge on any atom is -0.497 e. The van der Waals surface area contributed by atoms with Crippen LogP contribution < -0.4 is 4.74 Å². The van der Waals surface area contributed by atoms with E-state index in [2.05, 4.69) is 15.1 Å². The molecule has 2 aromatic carbocycles. The minimum atomic E-state index is 0.505. The van der Waals surface area contributed by atoms with E-state index in [1.165, 1.54) is 0 Å². The van der Waals surface area contributed by atoms with Crippen molar-refractivity contribution >= 4 is 11.3 Å². The first kappa shape index (κ1) is 17.5. The molecule has 3 aromatic heterocycles. The fourth-order valence-corrected chi connectivity index (χ4v) is 4.28. The summed E-state index contributed by atoms with van der Waals surface area (Å²) in [5, 5.41) is 7.48. The van der Waals surface area contributed by atoms with E-state index >= 15 is 0 Å². The molecule has 0 fully saturated rings. The van der Waals surface area contributed by atoms with Crippen molar-refractivity contribution in [2.75, 3.05) is 7.11 Å². The molecular formula is C23H17N3O2S. The van der Waals surface area contributed by atoms with Gasteiger partial charge in [0.05, 0.1) is 12.7 Å². The average Bonchev–Trinajstić information content (AvgIpc) is 3.54. The molecule has 29 heavy (non-hydrogen) atoms. The lowest BCUT2D eigenvalue weighted by molar-refractivity contribution is 0.415. The van der Waals surface area contributed by atoms with Crippen LogP contribution in [0.3, 0.4) is 0 Å². The summed E-state index contributed by atoms with van der Waals surface area (Å²) in [5.74, 6) is 1.90. The predicted molar refractivity (Wildman–Crippen MR) is 114 cm³/mol. The van der Waals surface area contributed by atoms with Gasteiger partial charge in [-0.05, 0) is 42.0 Å². The Morgan fingerprint density at radius 1 is 0.897 bits per heavy atom. The van der Waals surface area contributed by atoms with Crippen molar-refractivity contribution in [2.45, 2.75) is 0 Å². The molecule has 0 saturated heterocycles. The van der Waals surface area contributed by atoms with Crippen molar-refractivity contribution < 1.29 is 9.26 Å². The zero-order chi connectivity index (χ0) is 19.6. The van der Waals surface area contributed by atoms with Crippen LogP contribution in [-0.2, 0) is 0 Å². The van der Waals surface area contributed by atoms with E-state index in [0.29, 0.717) is 11.7 Å². The quantitative estimate of drug-likeness (QED) is 0.367. The molecule has 0 bridgehead atoms. The maximum Gasteiger partial charge on any atom is 0.258 e. The lowest BCUT2D eigenvalue weighted by Crippen LogP contribution is -1.92. The molecule has 0 saturated carbocycles. The van der Waals surface area contributed by atoms with Crippen LogP contribution in [0.5, 0.6) is 5.75 Å². The van der Waals surface area contributed by atoms with Crippen LogP contribution in [0, 0.1) is 0 Å². The number of methoxy groups -OCH3 is 1. The number of hydrogen-bond donors (Lipinski definition) is 0. The van der Waals surface area contributed by atoms with E-state index in [-0.39, 0.29) is 0 Å². The number of ether oxygens (including phenoxy) is 1. The summed E-state index contributed by atoms with van der Waals surface area (Å²) in [4.78, 5) is 4.70. The molecular weight excluding hydrogens is 382 g/mol. The molecule has 0 radical (unpaired) electrons. The van der Waals surface area contributed by atoms with Crippen LogP contribution >= 0.6 is 11.3 Å². The van der Waals surface area contributed by atoms with Crippen LogP contribution in [0.15, 0.2) is 89.0 Å². The highest BCUT2D eigenvalue weighted by atomic mass is 32.1. The van der Waals surface area contributed by atoms with Gasteiger partial charge in [-0.2, -0.15) is 4.98 Å². The average molecular weight is 399 g/mol. The number of rotatable bonds is 5. The maximum atomic E-state index is 5.59. The Hall–Kier alpha value is -3.64. The van der Waals surface area contributed by atoms with Gasteiger partial charge >= 0.3 is 0 Å². The summed E-state index contributed by atoms with van der Waals surface area (Å²) >= 11 is 1.65. The number of nitrogens with zero attached hydrogens (tertiary/aromatic N) is 3. The molecule has 0 aliphatic heterocycles. The highest BCUT2D eigenvalue weighted by Gasteiger charge is 2.21. The van der Waals surface area contributed by atoms with E-state index < -0.39 is 0 Å². The van der Waals surface area contributed by atoms with E-state index in [4.69, 9.17) is 14.2 Å². The van der Waals surface area contributed by atoms with E-state index in [9.17, 15) is 0 Å². The third-order valence-electron chi connectivity index (χ3n) is 4.68. The van der Waals surface area contributed by atoms with Gasteiger partial charge in [0.2, 0.25) is 5.82 Å². The fraction of sp³-hybridized carbons (Fsp3) is 0.0435. The van der Waals surface area contributed by atoms with Crippen LogP contribution in [0.1, 0.15) is 0 Å². The molecule has 0 atom stereocenters. The zero-order valence-corrected chi connectivity index (χ0v) is 16.5. The first-order chi connectivity index (χ1) is 14.3. The van der Waals surface area contributed by atoms with Crippen molar-refractivity contribution in [1.29, 1.82) is 0 Å². The summed E-state index contributed by atoms with van der Waals surface area (Å²) in [7, 11) is 1.67. The van der Waals surface area contributed by atoms with Crippen molar-refractivity contribution in [1.82, 2.24) is 14.7 Å². The summed E-state index contributed by atoms with van der Waals surface area (Å²) in [6, 6.07) is 21.8. The molecule has 5 rings (SSSR count). The predicted octanol–water partition coefficient (Wildman–Crippen LogP) is 5.93. The molecule has 5 aromatic rings. The van der Waals surface area contributed by atoms with Crippen LogP contribution in [0.4, 0.5) is 0 Å². The third kappa shape index (κ3) is 3.23. The second-order valence-corrected chi connectivity index (χ2v) is 7.30. The number of thiophene rings is 1. The SMILES string of the molecule is COc1ccc(-c2csc(-n3cccc3)c2-c2noc(-c3ccccc3)n2)cc1. The standard InChI is InChI=1S/C23H17N3O2S/c1-27-18-11-9-16(10-12-18)19-15-29-23(26-13-5-6-14-26)20(19)21-24-22(28-25-21)17-7-3-2-4-8-17/h2-15H,1H3. The number of hydrogen-bond acceptors (Lipinski definition) is 5. The lowest BCUT2D eigenvalue weighted by atomic mass is 10.0. The smallest absolute Gasteiger partial charge is 0.258 e. The fourth-order valence-electron chi connectivity index (χ4n) is 3.23. The van der Waals surface area contributed by atoms with Crippen LogP contribution in [-0.4, -0.2) is 21.8 Å². The van der Waals surface area contributed by atoms with Gasteiger partial charge in [-0.3, -0.25) is 0 Å². The number of benzene rings is 2. The lowest BCUT2D eigenvalue weighted by Gasteiger charge is -2.06. The highest BCUT2D eigenvalue weighted by molar-refractivity contribution is 7.13. The Balaban J connectivity index is 1.66. The summed E-state index contributed by atoms with van der Waals surface area (Å²) in [6.45, 7) is 0. The first-order valence-electron chi connectivity index (χ1n) is 9.12. The van der Waals surface area contributed by atoms with Crippen LogP contribution in [0.25, 0.3) is 39.0 Å². The molecule has 6 heteroatoms. The topological polar surface area (TPSA) is 53.1 Å². The molecule has 3 heterocycles. The Morgan fingerprint density at radius 3 is 2.38 bits per heavy atom. The van der Waals surface area contributed by atoms with Gasteiger partial charge in [-0.15, -0.1) is 11.3 Å². The van der Waals surface area contributed by atoms with Gasteiger partial charge in [-0.25, -0.2) is 0 Å². The van der Waals surface area contributed by atoms with Gasteiger partial charge in [0, 0.05) is 28.9 Å². The summed E-state index contributed by atoms with van der Waals surface area (Å²) in [5.41, 5.74) is 3.97. The van der Waals surface area contributed by atoms with Gasteiger partial charge < -0.3 is 13.8 Å². The second-order valence-electron chi connectivity index (χ2n) is 6.44.